The zero-order valence-corrected chi connectivity index (χ0v) is 26.5. The van der Waals surface area contributed by atoms with Crippen molar-refractivity contribution < 1.29 is 19.1 Å². The number of anilines is 1. The van der Waals surface area contributed by atoms with Crippen LogP contribution in [0.3, 0.4) is 0 Å². The summed E-state index contributed by atoms with van der Waals surface area (Å²) in [5.74, 6) is 1.83. The molecular weight excluding hydrogens is 558 g/mol. The van der Waals surface area contributed by atoms with E-state index in [4.69, 9.17) is 11.2 Å². The molecule has 0 aliphatic heterocycles. The van der Waals surface area contributed by atoms with Gasteiger partial charge < -0.3 is 20.3 Å². The molecule has 0 radical (unpaired) electrons. The molecule has 0 heterocycles. The molecule has 0 aromatic heterocycles. The summed E-state index contributed by atoms with van der Waals surface area (Å²) in [5, 5.41) is 7.73. The van der Waals surface area contributed by atoms with Crippen LogP contribution in [-0.4, -0.2) is 46.7 Å². The SMILES string of the molecule is C#Cc1ccc(C(C(=O)Nc2ccc3ccccc3c2)N(CCCCCCC)C(=O)C(CS)NC(=O)OC(C)(C)C)cc1. The average molecular weight is 602 g/mol. The van der Waals surface area contributed by atoms with Gasteiger partial charge in [-0.2, -0.15) is 12.6 Å². The number of alkyl carbamates (subject to hydrolysis) is 1. The Labute approximate surface area is 261 Å². The minimum Gasteiger partial charge on any atom is -0.444 e. The molecule has 8 heteroatoms. The zero-order chi connectivity index (χ0) is 31.4. The number of thiol groups is 1. The smallest absolute Gasteiger partial charge is 0.408 e. The summed E-state index contributed by atoms with van der Waals surface area (Å²) in [4.78, 5) is 42.5. The molecule has 0 saturated heterocycles. The van der Waals surface area contributed by atoms with E-state index in [1.807, 2.05) is 42.5 Å². The maximum atomic E-state index is 14.2. The van der Waals surface area contributed by atoms with Crippen LogP contribution in [0.15, 0.2) is 66.7 Å². The monoisotopic (exact) mass is 601 g/mol. The Kier molecular flexibility index (Phi) is 12.5. The Hall–Kier alpha value is -3.96. The molecule has 228 valence electrons. The first kappa shape index (κ1) is 33.5. The molecule has 2 unspecified atom stereocenters. The average Bonchev–Trinajstić information content (AvgIpc) is 2.98. The molecule has 3 aromatic carbocycles. The van der Waals surface area contributed by atoms with Crippen LogP contribution in [0, 0.1) is 12.3 Å². The van der Waals surface area contributed by atoms with Gasteiger partial charge in [0.05, 0.1) is 0 Å². The van der Waals surface area contributed by atoms with E-state index in [9.17, 15) is 14.4 Å². The van der Waals surface area contributed by atoms with E-state index in [1.165, 1.54) is 0 Å². The van der Waals surface area contributed by atoms with Gasteiger partial charge in [-0.1, -0.05) is 81.0 Å². The molecule has 0 fully saturated rings. The number of ether oxygens (including phenoxy) is 1. The topological polar surface area (TPSA) is 87.7 Å². The molecule has 43 heavy (non-hydrogen) atoms. The molecule has 0 aliphatic carbocycles. The van der Waals surface area contributed by atoms with Gasteiger partial charge in [-0.25, -0.2) is 4.79 Å². The molecule has 0 spiro atoms. The van der Waals surface area contributed by atoms with Crippen molar-refractivity contribution in [3.8, 4) is 12.3 Å². The molecule has 0 bridgehead atoms. The molecule has 2 atom stereocenters. The third-order valence-corrected chi connectivity index (χ3v) is 7.29. The first-order valence-corrected chi connectivity index (χ1v) is 15.5. The van der Waals surface area contributed by atoms with Gasteiger partial charge >= 0.3 is 6.09 Å². The van der Waals surface area contributed by atoms with E-state index in [0.717, 1.165) is 36.5 Å². The summed E-state index contributed by atoms with van der Waals surface area (Å²) in [5.41, 5.74) is 1.14. The van der Waals surface area contributed by atoms with Crippen LogP contribution in [0.1, 0.15) is 77.0 Å². The highest BCUT2D eigenvalue weighted by Gasteiger charge is 2.35. The molecule has 0 saturated carbocycles. The first-order valence-electron chi connectivity index (χ1n) is 14.8. The van der Waals surface area contributed by atoms with E-state index in [-0.39, 0.29) is 11.7 Å². The van der Waals surface area contributed by atoms with Gasteiger partial charge in [-0.15, -0.1) is 6.42 Å². The number of terminal acetylenes is 1. The highest BCUT2D eigenvalue weighted by atomic mass is 32.1. The number of benzene rings is 3. The highest BCUT2D eigenvalue weighted by Crippen LogP contribution is 2.27. The molecule has 7 nitrogen and oxygen atoms in total. The minimum absolute atomic E-state index is 0.0272. The summed E-state index contributed by atoms with van der Waals surface area (Å²) in [7, 11) is 0. The summed E-state index contributed by atoms with van der Waals surface area (Å²) < 4.78 is 5.40. The largest absolute Gasteiger partial charge is 0.444 e. The predicted octanol–water partition coefficient (Wildman–Crippen LogP) is 7.12. The van der Waals surface area contributed by atoms with Crippen molar-refractivity contribution in [2.45, 2.75) is 77.5 Å². The second-order valence-electron chi connectivity index (χ2n) is 11.5. The van der Waals surface area contributed by atoms with E-state index >= 15 is 0 Å². The first-order chi connectivity index (χ1) is 20.6. The maximum Gasteiger partial charge on any atom is 0.408 e. The predicted molar refractivity (Wildman–Crippen MR) is 177 cm³/mol. The van der Waals surface area contributed by atoms with E-state index in [1.54, 1.807) is 49.9 Å². The second kappa shape index (κ2) is 16.0. The van der Waals surface area contributed by atoms with Crippen LogP contribution >= 0.6 is 12.6 Å². The van der Waals surface area contributed by atoms with Crippen LogP contribution in [0.2, 0.25) is 0 Å². The summed E-state index contributed by atoms with van der Waals surface area (Å²) in [6.45, 7) is 7.71. The van der Waals surface area contributed by atoms with E-state index in [0.29, 0.717) is 29.8 Å². The highest BCUT2D eigenvalue weighted by molar-refractivity contribution is 7.80. The summed E-state index contributed by atoms with van der Waals surface area (Å²) in [6, 6.07) is 18.6. The fourth-order valence-corrected chi connectivity index (χ4v) is 5.05. The van der Waals surface area contributed by atoms with Crippen LogP contribution in [0.25, 0.3) is 10.8 Å². The zero-order valence-electron chi connectivity index (χ0n) is 25.6. The number of amides is 3. The van der Waals surface area contributed by atoms with E-state index < -0.39 is 29.7 Å². The maximum absolute atomic E-state index is 14.2. The summed E-state index contributed by atoms with van der Waals surface area (Å²) >= 11 is 4.38. The van der Waals surface area contributed by atoms with E-state index in [2.05, 4.69) is 36.1 Å². The standard InChI is InChI=1S/C35H43N3O4S/c1-6-8-9-10-13-22-38(33(40)30(24-43)37-34(41)42-35(3,4)5)31(27-18-16-25(7-2)17-19-27)32(39)36-29-21-20-26-14-11-12-15-28(26)23-29/h2,11-12,14-21,23,30-31,43H,6,8-10,13,22,24H2,1,3-5H3,(H,36,39)(H,37,41). The lowest BCUT2D eigenvalue weighted by Gasteiger charge is -2.34. The Bertz CT molecular complexity index is 1430. The number of hydrogen-bond donors (Lipinski definition) is 3. The Morgan fingerprint density at radius 3 is 2.26 bits per heavy atom. The number of carbonyl (C=O) groups excluding carboxylic acids is 3. The molecule has 3 amide bonds. The number of hydrogen-bond acceptors (Lipinski definition) is 5. The summed E-state index contributed by atoms with van der Waals surface area (Å²) in [6.07, 6.45) is 9.66. The number of carbonyl (C=O) groups is 3. The molecule has 3 rings (SSSR count). The molecule has 2 N–H and O–H groups in total. The minimum atomic E-state index is -1.00. The lowest BCUT2D eigenvalue weighted by Crippen LogP contribution is -2.53. The van der Waals surface area contributed by atoms with Crippen molar-refractivity contribution in [1.29, 1.82) is 0 Å². The van der Waals surface area contributed by atoms with Gasteiger partial charge in [0.25, 0.3) is 5.91 Å². The fourth-order valence-electron chi connectivity index (χ4n) is 4.80. The Balaban J connectivity index is 1.99. The third-order valence-electron chi connectivity index (χ3n) is 6.93. The number of nitrogens with zero attached hydrogens (tertiary/aromatic N) is 1. The number of nitrogens with one attached hydrogen (secondary N) is 2. The van der Waals surface area contributed by atoms with Gasteiger partial charge in [0.2, 0.25) is 5.91 Å². The number of fused-ring (bicyclic) bond motifs is 1. The van der Waals surface area contributed by atoms with Crippen LogP contribution < -0.4 is 10.6 Å². The van der Waals surface area contributed by atoms with Crippen molar-refractivity contribution in [1.82, 2.24) is 10.2 Å². The van der Waals surface area contributed by atoms with Crippen LogP contribution in [0.5, 0.6) is 0 Å². The third kappa shape index (κ3) is 10.1. The second-order valence-corrected chi connectivity index (χ2v) is 11.9. The lowest BCUT2D eigenvalue weighted by atomic mass is 10.0. The van der Waals surface area contributed by atoms with Gasteiger partial charge in [0.15, 0.2) is 0 Å². The normalized spacial score (nSPS) is 12.6. The quantitative estimate of drug-likeness (QED) is 0.111. The number of unbranched alkanes of at least 4 members (excludes halogenated alkanes) is 4. The van der Waals surface area contributed by atoms with Crippen molar-refractivity contribution in [3.63, 3.8) is 0 Å². The van der Waals surface area contributed by atoms with Gasteiger partial charge in [0, 0.05) is 23.5 Å². The van der Waals surface area contributed by atoms with Gasteiger partial charge in [0.1, 0.15) is 17.7 Å². The van der Waals surface area contributed by atoms with Crippen molar-refractivity contribution in [3.05, 3.63) is 77.9 Å². The van der Waals surface area contributed by atoms with Crippen molar-refractivity contribution in [2.24, 2.45) is 0 Å². The molecule has 3 aromatic rings. The van der Waals surface area contributed by atoms with Gasteiger partial charge in [-0.3, -0.25) is 9.59 Å². The van der Waals surface area contributed by atoms with Gasteiger partial charge in [-0.05, 0) is 67.8 Å². The Morgan fingerprint density at radius 2 is 1.63 bits per heavy atom. The van der Waals surface area contributed by atoms with Crippen LogP contribution in [0.4, 0.5) is 10.5 Å². The number of rotatable bonds is 13. The lowest BCUT2D eigenvalue weighted by molar-refractivity contribution is -0.140. The Morgan fingerprint density at radius 1 is 0.953 bits per heavy atom. The van der Waals surface area contributed by atoms with Crippen molar-refractivity contribution >= 4 is 47.0 Å². The van der Waals surface area contributed by atoms with Crippen molar-refractivity contribution in [2.75, 3.05) is 17.6 Å². The van der Waals surface area contributed by atoms with Crippen LogP contribution in [-0.2, 0) is 14.3 Å². The molecular formula is C35H43N3O4S. The fraction of sp³-hybridized carbons (Fsp3) is 0.400. The molecule has 0 aliphatic rings.